The number of aromatic nitrogens is 4. The summed E-state index contributed by atoms with van der Waals surface area (Å²) < 4.78 is 7.11. The summed E-state index contributed by atoms with van der Waals surface area (Å²) in [6.45, 7) is 1.56. The molecule has 110 valence electrons. The van der Waals surface area contributed by atoms with Crippen LogP contribution in [0.3, 0.4) is 0 Å². The number of rotatable bonds is 5. The number of benzene rings is 1. The lowest BCUT2D eigenvalue weighted by molar-refractivity contribution is 0.291. The lowest BCUT2D eigenvalue weighted by Gasteiger charge is -2.13. The summed E-state index contributed by atoms with van der Waals surface area (Å²) in [5, 5.41) is 3.90. The Morgan fingerprint density at radius 1 is 1.24 bits per heavy atom. The third kappa shape index (κ3) is 2.79. The number of nitrogens with zero attached hydrogens (tertiary/aromatic N) is 5. The highest BCUT2D eigenvalue weighted by molar-refractivity contribution is 5.75. The van der Waals surface area contributed by atoms with E-state index in [0.29, 0.717) is 24.8 Å². The number of hydrogen-bond donors (Lipinski definition) is 1. The molecule has 0 saturated carbocycles. The van der Waals surface area contributed by atoms with Crippen LogP contribution in [0.2, 0.25) is 0 Å². The average molecular weight is 286 g/mol. The second-order valence-corrected chi connectivity index (χ2v) is 5.06. The van der Waals surface area contributed by atoms with Gasteiger partial charge in [-0.3, -0.25) is 4.90 Å². The smallest absolute Gasteiger partial charge is 0.240 e. The predicted octanol–water partition coefficient (Wildman–Crippen LogP) is 1.05. The van der Waals surface area contributed by atoms with Crippen LogP contribution in [0.5, 0.6) is 0 Å². The minimum absolute atomic E-state index is 0.265. The molecule has 3 rings (SSSR count). The molecule has 0 spiro atoms. The number of nitrogens with two attached hydrogens (primary N) is 1. The van der Waals surface area contributed by atoms with Gasteiger partial charge in [0.15, 0.2) is 5.82 Å². The summed E-state index contributed by atoms with van der Waals surface area (Å²) in [6, 6.07) is 8.10. The zero-order valence-electron chi connectivity index (χ0n) is 12.2. The molecular weight excluding hydrogens is 268 g/mol. The van der Waals surface area contributed by atoms with Crippen LogP contribution < -0.4 is 5.73 Å². The van der Waals surface area contributed by atoms with Crippen molar-refractivity contribution in [3.05, 3.63) is 41.8 Å². The molecular formula is C14H18N6O. The zero-order chi connectivity index (χ0) is 14.8. The van der Waals surface area contributed by atoms with Crippen molar-refractivity contribution in [3.63, 3.8) is 0 Å². The Morgan fingerprint density at radius 2 is 2.05 bits per heavy atom. The highest BCUT2D eigenvalue weighted by Crippen LogP contribution is 2.15. The predicted molar refractivity (Wildman–Crippen MR) is 78.1 cm³/mol. The van der Waals surface area contributed by atoms with E-state index in [1.165, 1.54) is 0 Å². The molecule has 0 aliphatic rings. The number of aryl methyl sites for hydroxylation is 1. The van der Waals surface area contributed by atoms with E-state index in [2.05, 4.69) is 30.7 Å². The van der Waals surface area contributed by atoms with Crippen LogP contribution in [0.4, 0.5) is 0 Å². The minimum atomic E-state index is 0.265. The van der Waals surface area contributed by atoms with Gasteiger partial charge in [0.1, 0.15) is 5.82 Å². The fourth-order valence-electron chi connectivity index (χ4n) is 2.31. The van der Waals surface area contributed by atoms with Crippen molar-refractivity contribution < 1.29 is 4.52 Å². The summed E-state index contributed by atoms with van der Waals surface area (Å²) >= 11 is 0. The molecule has 3 aromatic rings. The number of hydrogen-bond acceptors (Lipinski definition) is 6. The monoisotopic (exact) mass is 286 g/mol. The third-order valence-corrected chi connectivity index (χ3v) is 3.39. The van der Waals surface area contributed by atoms with Gasteiger partial charge in [0.05, 0.1) is 30.7 Å². The Balaban J connectivity index is 1.73. The molecule has 1 aromatic carbocycles. The van der Waals surface area contributed by atoms with Gasteiger partial charge in [-0.05, 0) is 19.2 Å². The molecule has 7 nitrogen and oxygen atoms in total. The van der Waals surface area contributed by atoms with Gasteiger partial charge in [-0.15, -0.1) is 0 Å². The van der Waals surface area contributed by atoms with Gasteiger partial charge in [0, 0.05) is 7.05 Å². The van der Waals surface area contributed by atoms with Crippen LogP contribution in [-0.2, 0) is 26.7 Å². The van der Waals surface area contributed by atoms with E-state index < -0.39 is 0 Å². The summed E-state index contributed by atoms with van der Waals surface area (Å²) in [5.41, 5.74) is 7.60. The Labute approximate surface area is 122 Å². The minimum Gasteiger partial charge on any atom is -0.338 e. The lowest BCUT2D eigenvalue weighted by atomic mass is 10.3. The molecule has 0 radical (unpaired) electrons. The Morgan fingerprint density at radius 3 is 2.76 bits per heavy atom. The van der Waals surface area contributed by atoms with Gasteiger partial charge < -0.3 is 14.8 Å². The normalized spacial score (nSPS) is 11.6. The molecule has 0 aliphatic heterocycles. The summed E-state index contributed by atoms with van der Waals surface area (Å²) in [6.07, 6.45) is 0. The van der Waals surface area contributed by atoms with Crippen molar-refractivity contribution in [1.82, 2.24) is 24.6 Å². The van der Waals surface area contributed by atoms with Crippen molar-refractivity contribution in [2.45, 2.75) is 19.6 Å². The van der Waals surface area contributed by atoms with E-state index in [9.17, 15) is 0 Å². The van der Waals surface area contributed by atoms with Crippen molar-refractivity contribution in [1.29, 1.82) is 0 Å². The molecule has 0 unspecified atom stereocenters. The summed E-state index contributed by atoms with van der Waals surface area (Å²) in [7, 11) is 4.03. The van der Waals surface area contributed by atoms with E-state index >= 15 is 0 Å². The Bertz CT molecular complexity index is 747. The molecule has 7 heteroatoms. The van der Waals surface area contributed by atoms with Gasteiger partial charge in [0.25, 0.3) is 0 Å². The molecule has 0 saturated heterocycles. The van der Waals surface area contributed by atoms with E-state index in [-0.39, 0.29) is 6.54 Å². The number of imidazole rings is 1. The quantitative estimate of drug-likeness (QED) is 0.754. The SMILES string of the molecule is CN(Cc1noc(CN)n1)Cc1nc2ccccc2n1C. The van der Waals surface area contributed by atoms with E-state index in [1.54, 1.807) is 0 Å². The molecule has 2 N–H and O–H groups in total. The largest absolute Gasteiger partial charge is 0.338 e. The first-order valence-corrected chi connectivity index (χ1v) is 6.78. The van der Waals surface area contributed by atoms with Gasteiger partial charge in [-0.1, -0.05) is 17.3 Å². The van der Waals surface area contributed by atoms with Crippen LogP contribution in [0.1, 0.15) is 17.5 Å². The summed E-state index contributed by atoms with van der Waals surface area (Å²) in [4.78, 5) is 10.9. The van der Waals surface area contributed by atoms with Gasteiger partial charge >= 0.3 is 0 Å². The number of fused-ring (bicyclic) bond motifs is 1. The van der Waals surface area contributed by atoms with Gasteiger partial charge in [-0.2, -0.15) is 4.98 Å². The molecule has 21 heavy (non-hydrogen) atoms. The van der Waals surface area contributed by atoms with Crippen LogP contribution >= 0.6 is 0 Å². The standard InChI is InChI=1S/C14H18N6O/c1-19(8-12-17-14(7-15)21-18-12)9-13-16-10-5-3-4-6-11(10)20(13)2/h3-6H,7-9,15H2,1-2H3. The van der Waals surface area contributed by atoms with Crippen LogP contribution in [0.25, 0.3) is 11.0 Å². The molecule has 0 aliphatic carbocycles. The van der Waals surface area contributed by atoms with Gasteiger partial charge in [0.2, 0.25) is 5.89 Å². The van der Waals surface area contributed by atoms with Crippen molar-refractivity contribution in [2.24, 2.45) is 12.8 Å². The highest BCUT2D eigenvalue weighted by Gasteiger charge is 2.12. The Kier molecular flexibility index (Phi) is 3.68. The summed E-state index contributed by atoms with van der Waals surface area (Å²) in [5.74, 6) is 2.10. The maximum Gasteiger partial charge on any atom is 0.240 e. The zero-order valence-corrected chi connectivity index (χ0v) is 12.2. The highest BCUT2D eigenvalue weighted by atomic mass is 16.5. The van der Waals surface area contributed by atoms with Crippen molar-refractivity contribution in [3.8, 4) is 0 Å². The molecule has 2 heterocycles. The fraction of sp³-hybridized carbons (Fsp3) is 0.357. The topological polar surface area (TPSA) is 86.0 Å². The maximum atomic E-state index is 5.46. The first-order valence-electron chi connectivity index (χ1n) is 6.78. The maximum absolute atomic E-state index is 5.46. The van der Waals surface area contributed by atoms with E-state index in [0.717, 1.165) is 16.9 Å². The fourth-order valence-corrected chi connectivity index (χ4v) is 2.31. The second-order valence-electron chi connectivity index (χ2n) is 5.06. The lowest BCUT2D eigenvalue weighted by Crippen LogP contribution is -2.20. The first kappa shape index (κ1) is 13.7. The third-order valence-electron chi connectivity index (χ3n) is 3.39. The Hall–Kier alpha value is -2.25. The average Bonchev–Trinajstić information content (AvgIpc) is 3.05. The molecule has 0 amide bonds. The van der Waals surface area contributed by atoms with Crippen LogP contribution in [0, 0.1) is 0 Å². The van der Waals surface area contributed by atoms with E-state index in [4.69, 9.17) is 10.3 Å². The van der Waals surface area contributed by atoms with Crippen LogP contribution in [-0.4, -0.2) is 31.6 Å². The van der Waals surface area contributed by atoms with E-state index in [1.807, 2.05) is 32.3 Å². The molecule has 0 atom stereocenters. The molecule has 2 aromatic heterocycles. The second kappa shape index (κ2) is 5.63. The van der Waals surface area contributed by atoms with Crippen molar-refractivity contribution in [2.75, 3.05) is 7.05 Å². The first-order chi connectivity index (χ1) is 10.2. The molecule has 0 bridgehead atoms. The van der Waals surface area contributed by atoms with Crippen molar-refractivity contribution >= 4 is 11.0 Å². The van der Waals surface area contributed by atoms with Crippen LogP contribution in [0.15, 0.2) is 28.8 Å². The van der Waals surface area contributed by atoms with Gasteiger partial charge in [-0.25, -0.2) is 4.98 Å². The molecule has 0 fully saturated rings. The number of para-hydroxylation sites is 2.